The molecule has 0 aromatic heterocycles. The fraction of sp³-hybridized carbons (Fsp3) is 0.150. The number of ether oxygens (including phenoxy) is 2. The number of ketones is 1. The minimum absolute atomic E-state index is 0.0363. The van der Waals surface area contributed by atoms with Crippen LogP contribution in [0.15, 0.2) is 72.4 Å². The average molecular weight is 302 g/mol. The number of allylic oxidation sites excluding steroid dienone is 4. The Morgan fingerprint density at radius 2 is 1.78 bits per heavy atom. The number of carbonyl (C=O) groups is 1. The van der Waals surface area contributed by atoms with E-state index in [2.05, 4.69) is 6.08 Å². The Morgan fingerprint density at radius 1 is 1.04 bits per heavy atom. The van der Waals surface area contributed by atoms with E-state index in [4.69, 9.17) is 9.47 Å². The zero-order chi connectivity index (χ0) is 15.4. The number of fused-ring (bicyclic) bond motifs is 2. The molecule has 0 N–H and O–H groups in total. The van der Waals surface area contributed by atoms with Crippen LogP contribution < -0.4 is 9.47 Å². The fourth-order valence-corrected chi connectivity index (χ4v) is 3.69. The van der Waals surface area contributed by atoms with Crippen LogP contribution in [0.1, 0.15) is 6.42 Å². The average Bonchev–Trinajstić information content (AvgIpc) is 2.59. The number of hydrogen-bond acceptors (Lipinski definition) is 3. The summed E-state index contributed by atoms with van der Waals surface area (Å²) in [5.41, 5.74) is 0.751. The SMILES string of the molecule is O=C1C=CC2(Oc3cccc4cccc(c34)O2)C2CC=CC=C12. The van der Waals surface area contributed by atoms with E-state index in [1.165, 1.54) is 0 Å². The first-order valence-electron chi connectivity index (χ1n) is 7.77. The number of hydrogen-bond donors (Lipinski definition) is 0. The van der Waals surface area contributed by atoms with Crippen LogP contribution >= 0.6 is 0 Å². The van der Waals surface area contributed by atoms with Gasteiger partial charge in [0.1, 0.15) is 11.5 Å². The molecule has 0 fully saturated rings. The molecule has 5 rings (SSSR count). The minimum atomic E-state index is -0.951. The van der Waals surface area contributed by atoms with Crippen molar-refractivity contribution < 1.29 is 14.3 Å². The van der Waals surface area contributed by atoms with Crippen LogP contribution in [0.5, 0.6) is 11.5 Å². The first-order chi connectivity index (χ1) is 11.3. The lowest BCUT2D eigenvalue weighted by atomic mass is 9.78. The topological polar surface area (TPSA) is 35.5 Å². The van der Waals surface area contributed by atoms with Gasteiger partial charge < -0.3 is 9.47 Å². The maximum absolute atomic E-state index is 12.2. The van der Waals surface area contributed by atoms with E-state index in [0.29, 0.717) is 0 Å². The van der Waals surface area contributed by atoms with Gasteiger partial charge in [-0.05, 0) is 30.0 Å². The van der Waals surface area contributed by atoms with Crippen LogP contribution in [0, 0.1) is 5.92 Å². The van der Waals surface area contributed by atoms with Gasteiger partial charge in [-0.3, -0.25) is 4.79 Å². The molecule has 3 heteroatoms. The van der Waals surface area contributed by atoms with Crippen LogP contribution in [0.2, 0.25) is 0 Å². The van der Waals surface area contributed by atoms with E-state index in [1.807, 2.05) is 48.6 Å². The van der Waals surface area contributed by atoms with Crippen molar-refractivity contribution in [3.05, 3.63) is 72.4 Å². The summed E-state index contributed by atoms with van der Waals surface area (Å²) in [7, 11) is 0. The van der Waals surface area contributed by atoms with Crippen molar-refractivity contribution in [1.29, 1.82) is 0 Å². The van der Waals surface area contributed by atoms with E-state index in [9.17, 15) is 4.79 Å². The molecule has 3 aliphatic rings. The Morgan fingerprint density at radius 3 is 2.52 bits per heavy atom. The summed E-state index contributed by atoms with van der Waals surface area (Å²) in [6, 6.07) is 12.0. The number of benzene rings is 2. The van der Waals surface area contributed by atoms with Crippen LogP contribution in [0.25, 0.3) is 10.8 Å². The third-order valence-corrected chi connectivity index (χ3v) is 4.76. The van der Waals surface area contributed by atoms with Crippen molar-refractivity contribution in [3.8, 4) is 11.5 Å². The van der Waals surface area contributed by atoms with E-state index < -0.39 is 5.79 Å². The molecule has 0 saturated heterocycles. The lowest BCUT2D eigenvalue weighted by molar-refractivity contribution is -0.128. The van der Waals surface area contributed by atoms with Crippen molar-refractivity contribution in [2.75, 3.05) is 0 Å². The summed E-state index contributed by atoms with van der Waals surface area (Å²) in [6.07, 6.45) is 9.90. The van der Waals surface area contributed by atoms with Crippen LogP contribution in [-0.4, -0.2) is 11.6 Å². The Bertz CT molecular complexity index is 892. The van der Waals surface area contributed by atoms with Gasteiger partial charge in [-0.1, -0.05) is 42.5 Å². The van der Waals surface area contributed by atoms with Gasteiger partial charge in [0.05, 0.1) is 11.3 Å². The minimum Gasteiger partial charge on any atom is -0.447 e. The number of carbonyl (C=O) groups excluding carboxylic acids is 1. The standard InChI is InChI=1S/C20H14O3/c21-16-11-12-20(15-8-2-1-7-14(15)16)22-17-9-3-5-13-6-4-10-18(23-20)19(13)17/h1-7,9-12,15H,8H2. The third-order valence-electron chi connectivity index (χ3n) is 4.76. The first-order valence-corrected chi connectivity index (χ1v) is 7.77. The zero-order valence-corrected chi connectivity index (χ0v) is 12.4. The largest absolute Gasteiger partial charge is 0.447 e. The highest BCUT2D eigenvalue weighted by Crippen LogP contribution is 2.48. The molecule has 2 aromatic carbocycles. The first kappa shape index (κ1) is 12.7. The maximum atomic E-state index is 12.2. The van der Waals surface area contributed by atoms with Crippen LogP contribution in [0.3, 0.4) is 0 Å². The second-order valence-electron chi connectivity index (χ2n) is 6.07. The summed E-state index contributed by atoms with van der Waals surface area (Å²) in [4.78, 5) is 12.2. The molecule has 1 heterocycles. The molecule has 1 aliphatic heterocycles. The zero-order valence-electron chi connectivity index (χ0n) is 12.4. The van der Waals surface area contributed by atoms with Crippen molar-refractivity contribution in [3.63, 3.8) is 0 Å². The molecule has 0 saturated carbocycles. The summed E-state index contributed by atoms with van der Waals surface area (Å²) >= 11 is 0. The monoisotopic (exact) mass is 302 g/mol. The van der Waals surface area contributed by atoms with E-state index in [1.54, 1.807) is 12.2 Å². The van der Waals surface area contributed by atoms with Gasteiger partial charge in [0.25, 0.3) is 5.79 Å². The van der Waals surface area contributed by atoms with Crippen molar-refractivity contribution in [2.45, 2.75) is 12.2 Å². The normalized spacial score (nSPS) is 23.2. The molecular formula is C20H14O3. The van der Waals surface area contributed by atoms with Gasteiger partial charge in [0, 0.05) is 11.6 Å². The fourth-order valence-electron chi connectivity index (χ4n) is 3.69. The highest BCUT2D eigenvalue weighted by Gasteiger charge is 2.49. The van der Waals surface area contributed by atoms with Crippen LogP contribution in [-0.2, 0) is 4.79 Å². The smallest absolute Gasteiger partial charge is 0.278 e. The third kappa shape index (κ3) is 1.67. The molecule has 23 heavy (non-hydrogen) atoms. The van der Waals surface area contributed by atoms with Crippen LogP contribution in [0.4, 0.5) is 0 Å². The van der Waals surface area contributed by atoms with Crippen molar-refractivity contribution in [2.24, 2.45) is 5.92 Å². The van der Waals surface area contributed by atoms with Gasteiger partial charge >= 0.3 is 0 Å². The molecule has 2 aromatic rings. The second kappa shape index (κ2) is 4.35. The molecule has 1 atom stereocenters. The van der Waals surface area contributed by atoms with Gasteiger partial charge in [-0.15, -0.1) is 0 Å². The molecule has 1 spiro atoms. The van der Waals surface area contributed by atoms with Gasteiger partial charge in [0.2, 0.25) is 0 Å². The molecule has 112 valence electrons. The number of rotatable bonds is 0. The quantitative estimate of drug-likeness (QED) is 0.739. The molecule has 1 unspecified atom stereocenters. The highest BCUT2D eigenvalue weighted by atomic mass is 16.7. The summed E-state index contributed by atoms with van der Waals surface area (Å²) in [5, 5.41) is 2.08. The Balaban J connectivity index is 1.72. The summed E-state index contributed by atoms with van der Waals surface area (Å²) in [5.74, 6) is 0.560. The highest BCUT2D eigenvalue weighted by molar-refractivity contribution is 6.06. The Labute approximate surface area is 133 Å². The summed E-state index contributed by atoms with van der Waals surface area (Å²) in [6.45, 7) is 0. The van der Waals surface area contributed by atoms with Gasteiger partial charge in [0.15, 0.2) is 5.78 Å². The molecule has 0 amide bonds. The summed E-state index contributed by atoms with van der Waals surface area (Å²) < 4.78 is 12.6. The Hall–Kier alpha value is -2.81. The maximum Gasteiger partial charge on any atom is 0.278 e. The van der Waals surface area contributed by atoms with Gasteiger partial charge in [-0.25, -0.2) is 0 Å². The Kier molecular flexibility index (Phi) is 2.41. The van der Waals surface area contributed by atoms with Crippen molar-refractivity contribution >= 4 is 16.6 Å². The molecular weight excluding hydrogens is 288 g/mol. The van der Waals surface area contributed by atoms with Gasteiger partial charge in [-0.2, -0.15) is 0 Å². The lowest BCUT2D eigenvalue weighted by Gasteiger charge is -2.44. The lowest BCUT2D eigenvalue weighted by Crippen LogP contribution is -2.52. The van der Waals surface area contributed by atoms with E-state index >= 15 is 0 Å². The second-order valence-corrected chi connectivity index (χ2v) is 6.07. The molecule has 3 nitrogen and oxygen atoms in total. The predicted molar refractivity (Wildman–Crippen MR) is 87.4 cm³/mol. The predicted octanol–water partition coefficient (Wildman–Crippen LogP) is 3.95. The molecule has 0 radical (unpaired) electrons. The van der Waals surface area contributed by atoms with Crippen molar-refractivity contribution in [1.82, 2.24) is 0 Å². The van der Waals surface area contributed by atoms with E-state index in [0.717, 1.165) is 34.3 Å². The molecule has 2 aliphatic carbocycles. The van der Waals surface area contributed by atoms with E-state index in [-0.39, 0.29) is 11.7 Å². The molecule has 0 bridgehead atoms.